The fourth-order valence-electron chi connectivity index (χ4n) is 1.54. The minimum absolute atomic E-state index is 0.0792. The Morgan fingerprint density at radius 3 is 2.15 bits per heavy atom. The zero-order valence-electron chi connectivity index (χ0n) is 12.5. The highest BCUT2D eigenvalue weighted by molar-refractivity contribution is 5.95. The Morgan fingerprint density at radius 1 is 1.05 bits per heavy atom. The Labute approximate surface area is 120 Å². The van der Waals surface area contributed by atoms with Crippen LogP contribution in [0.3, 0.4) is 0 Å². The van der Waals surface area contributed by atoms with E-state index >= 15 is 0 Å². The van der Waals surface area contributed by atoms with Crippen molar-refractivity contribution in [2.24, 2.45) is 0 Å². The van der Waals surface area contributed by atoms with Crippen LogP contribution in [0.4, 0.5) is 10.5 Å². The molecule has 1 atom stereocenters. The van der Waals surface area contributed by atoms with Gasteiger partial charge in [0.25, 0.3) is 5.91 Å². The fraction of sp³-hybridized carbons (Fsp3) is 0.467. The van der Waals surface area contributed by atoms with Gasteiger partial charge in [-0.05, 0) is 51.5 Å². The number of urea groups is 1. The molecule has 110 valence electrons. The maximum Gasteiger partial charge on any atom is 0.319 e. The molecule has 0 spiro atoms. The van der Waals surface area contributed by atoms with Crippen LogP contribution < -0.4 is 16.0 Å². The standard InChI is InChI=1S/C15H23N3O2/c1-5-11(4)17-14(19)12-6-8-13(9-7-12)18-15(20)16-10(2)3/h6-11H,5H2,1-4H3,(H,17,19)(H2,16,18,20). The second-order valence-corrected chi connectivity index (χ2v) is 5.11. The summed E-state index contributed by atoms with van der Waals surface area (Å²) < 4.78 is 0. The van der Waals surface area contributed by atoms with Gasteiger partial charge in [0.05, 0.1) is 0 Å². The van der Waals surface area contributed by atoms with Crippen molar-refractivity contribution < 1.29 is 9.59 Å². The van der Waals surface area contributed by atoms with Crippen LogP contribution in [-0.2, 0) is 0 Å². The quantitative estimate of drug-likeness (QED) is 0.774. The molecule has 3 N–H and O–H groups in total. The zero-order valence-corrected chi connectivity index (χ0v) is 12.5. The third-order valence-corrected chi connectivity index (χ3v) is 2.81. The molecule has 0 saturated carbocycles. The Balaban J connectivity index is 2.60. The second kappa shape index (κ2) is 7.53. The SMILES string of the molecule is CCC(C)NC(=O)c1ccc(NC(=O)NC(C)C)cc1. The highest BCUT2D eigenvalue weighted by Crippen LogP contribution is 2.10. The zero-order chi connectivity index (χ0) is 15.1. The molecule has 5 nitrogen and oxygen atoms in total. The molecule has 0 aliphatic rings. The minimum atomic E-state index is -0.253. The molecule has 1 aromatic carbocycles. The first-order valence-corrected chi connectivity index (χ1v) is 6.90. The number of carbonyl (C=O) groups is 2. The van der Waals surface area contributed by atoms with Gasteiger partial charge < -0.3 is 16.0 Å². The Kier molecular flexibility index (Phi) is 6.03. The molecule has 0 aliphatic carbocycles. The molecule has 0 radical (unpaired) electrons. The fourth-order valence-corrected chi connectivity index (χ4v) is 1.54. The second-order valence-electron chi connectivity index (χ2n) is 5.11. The number of anilines is 1. The van der Waals surface area contributed by atoms with Crippen molar-refractivity contribution in [3.8, 4) is 0 Å². The van der Waals surface area contributed by atoms with Gasteiger partial charge in [0.1, 0.15) is 0 Å². The molecule has 0 aliphatic heterocycles. The number of nitrogens with one attached hydrogen (secondary N) is 3. The maximum absolute atomic E-state index is 11.9. The summed E-state index contributed by atoms with van der Waals surface area (Å²) in [5.74, 6) is -0.0995. The van der Waals surface area contributed by atoms with Crippen molar-refractivity contribution >= 4 is 17.6 Å². The summed E-state index contributed by atoms with van der Waals surface area (Å²) in [6.45, 7) is 7.76. The molecule has 0 saturated heterocycles. The molecule has 0 heterocycles. The average Bonchev–Trinajstić information content (AvgIpc) is 2.38. The smallest absolute Gasteiger partial charge is 0.319 e. The van der Waals surface area contributed by atoms with Gasteiger partial charge in [-0.2, -0.15) is 0 Å². The third kappa shape index (κ3) is 5.30. The predicted octanol–water partition coefficient (Wildman–Crippen LogP) is 2.74. The molecular formula is C15H23N3O2. The number of amides is 3. The van der Waals surface area contributed by atoms with Crippen LogP contribution in [-0.4, -0.2) is 24.0 Å². The van der Waals surface area contributed by atoms with Crippen LogP contribution in [0.15, 0.2) is 24.3 Å². The third-order valence-electron chi connectivity index (χ3n) is 2.81. The van der Waals surface area contributed by atoms with E-state index in [9.17, 15) is 9.59 Å². The Hall–Kier alpha value is -2.04. The van der Waals surface area contributed by atoms with E-state index in [4.69, 9.17) is 0 Å². The van der Waals surface area contributed by atoms with Gasteiger partial charge in [-0.15, -0.1) is 0 Å². The molecule has 0 bridgehead atoms. The molecule has 1 rings (SSSR count). The summed E-state index contributed by atoms with van der Waals surface area (Å²) in [5, 5.41) is 8.34. The Morgan fingerprint density at radius 2 is 1.65 bits per heavy atom. The Bertz CT molecular complexity index is 455. The van der Waals surface area contributed by atoms with Crippen LogP contribution in [0.25, 0.3) is 0 Å². The van der Waals surface area contributed by atoms with Crippen molar-refractivity contribution in [2.75, 3.05) is 5.32 Å². The summed E-state index contributed by atoms with van der Waals surface area (Å²) >= 11 is 0. The molecule has 1 unspecified atom stereocenters. The van der Waals surface area contributed by atoms with Gasteiger partial charge in [-0.1, -0.05) is 6.92 Å². The number of benzene rings is 1. The normalized spacial score (nSPS) is 11.8. The van der Waals surface area contributed by atoms with Crippen molar-refractivity contribution in [1.82, 2.24) is 10.6 Å². The van der Waals surface area contributed by atoms with Crippen molar-refractivity contribution in [3.63, 3.8) is 0 Å². The van der Waals surface area contributed by atoms with Gasteiger partial charge in [0.2, 0.25) is 0 Å². The first-order valence-electron chi connectivity index (χ1n) is 6.90. The molecule has 0 fully saturated rings. The van der Waals surface area contributed by atoms with Crippen molar-refractivity contribution in [1.29, 1.82) is 0 Å². The number of carbonyl (C=O) groups excluding carboxylic acids is 2. The van der Waals surface area contributed by atoms with E-state index in [-0.39, 0.29) is 24.0 Å². The van der Waals surface area contributed by atoms with Crippen LogP contribution in [0.1, 0.15) is 44.5 Å². The predicted molar refractivity (Wildman–Crippen MR) is 81.0 cm³/mol. The van der Waals surface area contributed by atoms with Gasteiger partial charge >= 0.3 is 6.03 Å². The van der Waals surface area contributed by atoms with E-state index < -0.39 is 0 Å². The van der Waals surface area contributed by atoms with Crippen molar-refractivity contribution in [2.45, 2.75) is 46.2 Å². The number of hydrogen-bond donors (Lipinski definition) is 3. The lowest BCUT2D eigenvalue weighted by Crippen LogP contribution is -2.34. The monoisotopic (exact) mass is 277 g/mol. The maximum atomic E-state index is 11.9. The van der Waals surface area contributed by atoms with Crippen molar-refractivity contribution in [3.05, 3.63) is 29.8 Å². The van der Waals surface area contributed by atoms with E-state index in [1.807, 2.05) is 27.7 Å². The van der Waals surface area contributed by atoms with E-state index in [0.29, 0.717) is 11.3 Å². The van der Waals surface area contributed by atoms with E-state index in [1.165, 1.54) is 0 Å². The lowest BCUT2D eigenvalue weighted by atomic mass is 10.1. The highest BCUT2D eigenvalue weighted by atomic mass is 16.2. The average molecular weight is 277 g/mol. The van der Waals surface area contributed by atoms with Gasteiger partial charge in [-0.3, -0.25) is 4.79 Å². The summed E-state index contributed by atoms with van der Waals surface area (Å²) in [6.07, 6.45) is 0.890. The lowest BCUT2D eigenvalue weighted by Gasteiger charge is -2.12. The highest BCUT2D eigenvalue weighted by Gasteiger charge is 2.09. The van der Waals surface area contributed by atoms with E-state index in [1.54, 1.807) is 24.3 Å². The first-order chi connectivity index (χ1) is 9.42. The number of hydrogen-bond acceptors (Lipinski definition) is 2. The molecule has 1 aromatic rings. The molecule has 20 heavy (non-hydrogen) atoms. The summed E-state index contributed by atoms with van der Waals surface area (Å²) in [7, 11) is 0. The molecule has 0 aromatic heterocycles. The topological polar surface area (TPSA) is 70.2 Å². The van der Waals surface area contributed by atoms with Crippen LogP contribution in [0.5, 0.6) is 0 Å². The van der Waals surface area contributed by atoms with E-state index in [2.05, 4.69) is 16.0 Å². The van der Waals surface area contributed by atoms with Gasteiger partial charge in [0.15, 0.2) is 0 Å². The molecule has 5 heteroatoms. The summed E-state index contributed by atoms with van der Waals surface area (Å²) in [4.78, 5) is 23.4. The first kappa shape index (κ1) is 16.0. The minimum Gasteiger partial charge on any atom is -0.350 e. The largest absolute Gasteiger partial charge is 0.350 e. The summed E-state index contributed by atoms with van der Waals surface area (Å²) in [6, 6.07) is 6.80. The van der Waals surface area contributed by atoms with Crippen LogP contribution in [0.2, 0.25) is 0 Å². The summed E-state index contributed by atoms with van der Waals surface area (Å²) in [5.41, 5.74) is 1.24. The van der Waals surface area contributed by atoms with Crippen LogP contribution >= 0.6 is 0 Å². The number of rotatable bonds is 5. The van der Waals surface area contributed by atoms with Crippen LogP contribution in [0, 0.1) is 0 Å². The molecular weight excluding hydrogens is 254 g/mol. The molecule has 3 amide bonds. The lowest BCUT2D eigenvalue weighted by molar-refractivity contribution is 0.0939. The van der Waals surface area contributed by atoms with Gasteiger partial charge in [-0.25, -0.2) is 4.79 Å². The van der Waals surface area contributed by atoms with Gasteiger partial charge in [0, 0.05) is 23.3 Å². The van der Waals surface area contributed by atoms with E-state index in [0.717, 1.165) is 6.42 Å².